The van der Waals surface area contributed by atoms with Crippen molar-refractivity contribution in [3.63, 3.8) is 0 Å². The van der Waals surface area contributed by atoms with Crippen LogP contribution in [0.1, 0.15) is 24.8 Å². The molecule has 100 valence electrons. The van der Waals surface area contributed by atoms with E-state index >= 15 is 0 Å². The fraction of sp³-hybridized carbons (Fsp3) is 0.615. The summed E-state index contributed by atoms with van der Waals surface area (Å²) < 4.78 is 6.69. The first-order chi connectivity index (χ1) is 8.59. The zero-order chi connectivity index (χ0) is 13.1. The van der Waals surface area contributed by atoms with Crippen LogP contribution in [0.4, 0.5) is 5.69 Å². The second-order valence-electron chi connectivity index (χ2n) is 4.90. The molecule has 0 amide bonds. The summed E-state index contributed by atoms with van der Waals surface area (Å²) in [5.74, 6) is 0.640. The number of nitrogen functional groups attached to an aromatic ring is 1. The predicted molar refractivity (Wildman–Crippen MR) is 76.9 cm³/mol. The van der Waals surface area contributed by atoms with Gasteiger partial charge in [-0.2, -0.15) is 0 Å². The number of pyridine rings is 1. The lowest BCUT2D eigenvalue weighted by Crippen LogP contribution is -2.40. The van der Waals surface area contributed by atoms with Crippen molar-refractivity contribution < 1.29 is 4.74 Å². The van der Waals surface area contributed by atoms with Gasteiger partial charge in [0.2, 0.25) is 5.88 Å². The summed E-state index contributed by atoms with van der Waals surface area (Å²) in [5.41, 5.74) is 7.46. The zero-order valence-corrected chi connectivity index (χ0v) is 12.5. The van der Waals surface area contributed by atoms with Crippen LogP contribution in [0, 0.1) is 6.92 Å². The molecule has 0 aliphatic carbocycles. The Balaban J connectivity index is 1.99. The third-order valence-electron chi connectivity index (χ3n) is 3.60. The van der Waals surface area contributed by atoms with Gasteiger partial charge in [-0.25, -0.2) is 4.98 Å². The molecule has 0 aromatic carbocycles. The predicted octanol–water partition coefficient (Wildman–Crippen LogP) is 2.60. The molecule has 1 fully saturated rings. The van der Waals surface area contributed by atoms with Crippen molar-refractivity contribution in [2.75, 3.05) is 25.9 Å². The van der Waals surface area contributed by atoms with Crippen LogP contribution in [0.5, 0.6) is 5.88 Å². The Morgan fingerprint density at radius 3 is 3.06 bits per heavy atom. The van der Waals surface area contributed by atoms with E-state index in [-0.39, 0.29) is 0 Å². The largest absolute Gasteiger partial charge is 0.475 e. The molecule has 5 heteroatoms. The first kappa shape index (κ1) is 13.6. The standard InChI is InChI=1S/C13H20BrN3O/c1-9-11(15)7-16-13(12(9)14)18-8-10-5-3-4-6-17(10)2/h7,10H,3-6,8,15H2,1-2H3. The van der Waals surface area contributed by atoms with Crippen LogP contribution in [-0.4, -0.2) is 36.1 Å². The van der Waals surface area contributed by atoms with Crippen LogP contribution in [0.3, 0.4) is 0 Å². The number of ether oxygens (including phenoxy) is 1. The van der Waals surface area contributed by atoms with Crippen molar-refractivity contribution >= 4 is 21.6 Å². The van der Waals surface area contributed by atoms with Crippen LogP contribution in [0.25, 0.3) is 0 Å². The Kier molecular flexibility index (Phi) is 4.45. The summed E-state index contributed by atoms with van der Waals surface area (Å²) in [6, 6.07) is 0.491. The van der Waals surface area contributed by atoms with E-state index in [4.69, 9.17) is 10.5 Å². The maximum atomic E-state index is 5.83. The van der Waals surface area contributed by atoms with Crippen molar-refractivity contribution in [3.05, 3.63) is 16.2 Å². The number of nitrogens with two attached hydrogens (primary N) is 1. The van der Waals surface area contributed by atoms with Gasteiger partial charge in [-0.05, 0) is 54.9 Å². The van der Waals surface area contributed by atoms with Gasteiger partial charge in [0.15, 0.2) is 0 Å². The van der Waals surface area contributed by atoms with E-state index < -0.39 is 0 Å². The first-order valence-electron chi connectivity index (χ1n) is 6.33. The molecule has 1 aliphatic rings. The lowest BCUT2D eigenvalue weighted by atomic mass is 10.0. The number of anilines is 1. The van der Waals surface area contributed by atoms with Gasteiger partial charge in [0.1, 0.15) is 6.61 Å². The number of likely N-dealkylation sites (N-methyl/N-ethyl adjacent to an activating group) is 1. The third-order valence-corrected chi connectivity index (χ3v) is 4.54. The molecule has 2 rings (SSSR count). The molecule has 18 heavy (non-hydrogen) atoms. The third kappa shape index (κ3) is 2.95. The highest BCUT2D eigenvalue weighted by molar-refractivity contribution is 9.10. The number of rotatable bonds is 3. The molecule has 1 saturated heterocycles. The minimum atomic E-state index is 0.491. The first-order valence-corrected chi connectivity index (χ1v) is 7.12. The zero-order valence-electron chi connectivity index (χ0n) is 10.9. The lowest BCUT2D eigenvalue weighted by molar-refractivity contribution is 0.122. The monoisotopic (exact) mass is 313 g/mol. The lowest BCUT2D eigenvalue weighted by Gasteiger charge is -2.32. The van der Waals surface area contributed by atoms with E-state index in [1.807, 2.05) is 6.92 Å². The molecule has 0 bridgehead atoms. The Hall–Kier alpha value is -0.810. The Bertz CT molecular complexity index is 425. The Labute approximate surface area is 117 Å². The quantitative estimate of drug-likeness (QED) is 0.932. The minimum absolute atomic E-state index is 0.491. The van der Waals surface area contributed by atoms with E-state index in [2.05, 4.69) is 32.9 Å². The topological polar surface area (TPSA) is 51.4 Å². The van der Waals surface area contributed by atoms with Crippen molar-refractivity contribution in [1.29, 1.82) is 0 Å². The second kappa shape index (κ2) is 5.89. The van der Waals surface area contributed by atoms with Gasteiger partial charge in [-0.15, -0.1) is 0 Å². The van der Waals surface area contributed by atoms with Gasteiger partial charge >= 0.3 is 0 Å². The van der Waals surface area contributed by atoms with Gasteiger partial charge in [0.25, 0.3) is 0 Å². The number of hydrogen-bond acceptors (Lipinski definition) is 4. The molecule has 4 nitrogen and oxygen atoms in total. The number of hydrogen-bond donors (Lipinski definition) is 1. The molecule has 1 atom stereocenters. The number of likely N-dealkylation sites (tertiary alicyclic amines) is 1. The van der Waals surface area contributed by atoms with Crippen molar-refractivity contribution in [3.8, 4) is 5.88 Å². The van der Waals surface area contributed by atoms with Crippen LogP contribution >= 0.6 is 15.9 Å². The van der Waals surface area contributed by atoms with Crippen LogP contribution < -0.4 is 10.5 Å². The van der Waals surface area contributed by atoms with Crippen LogP contribution in [0.2, 0.25) is 0 Å². The Morgan fingerprint density at radius 1 is 1.56 bits per heavy atom. The van der Waals surface area contributed by atoms with Gasteiger partial charge in [0.05, 0.1) is 16.4 Å². The molecular formula is C13H20BrN3O. The SMILES string of the molecule is Cc1c(N)cnc(OCC2CCCCN2C)c1Br. The van der Waals surface area contributed by atoms with Gasteiger partial charge in [-0.1, -0.05) is 6.42 Å². The highest BCUT2D eigenvalue weighted by atomic mass is 79.9. The van der Waals surface area contributed by atoms with E-state index in [9.17, 15) is 0 Å². The molecule has 1 aromatic heterocycles. The maximum Gasteiger partial charge on any atom is 0.228 e. The van der Waals surface area contributed by atoms with Gasteiger partial charge < -0.3 is 15.4 Å². The summed E-state index contributed by atoms with van der Waals surface area (Å²) in [5, 5.41) is 0. The van der Waals surface area contributed by atoms with E-state index in [1.54, 1.807) is 6.20 Å². The average molecular weight is 314 g/mol. The molecule has 0 spiro atoms. The van der Waals surface area contributed by atoms with Crippen molar-refractivity contribution in [2.24, 2.45) is 0 Å². The van der Waals surface area contributed by atoms with Crippen LogP contribution in [0.15, 0.2) is 10.7 Å². The minimum Gasteiger partial charge on any atom is -0.475 e. The Morgan fingerprint density at radius 2 is 2.33 bits per heavy atom. The number of nitrogens with zero attached hydrogens (tertiary/aromatic N) is 2. The number of halogens is 1. The maximum absolute atomic E-state index is 5.83. The summed E-state index contributed by atoms with van der Waals surface area (Å²) in [6.45, 7) is 3.80. The van der Waals surface area contributed by atoms with Gasteiger partial charge in [-0.3, -0.25) is 0 Å². The van der Waals surface area contributed by atoms with Crippen molar-refractivity contribution in [1.82, 2.24) is 9.88 Å². The average Bonchev–Trinajstić information content (AvgIpc) is 2.37. The summed E-state index contributed by atoms with van der Waals surface area (Å²) >= 11 is 3.49. The second-order valence-corrected chi connectivity index (χ2v) is 5.69. The summed E-state index contributed by atoms with van der Waals surface area (Å²) in [7, 11) is 2.16. The fourth-order valence-electron chi connectivity index (χ4n) is 2.20. The summed E-state index contributed by atoms with van der Waals surface area (Å²) in [6.07, 6.45) is 5.42. The molecule has 1 unspecified atom stereocenters. The van der Waals surface area contributed by atoms with Crippen molar-refractivity contribution in [2.45, 2.75) is 32.2 Å². The van der Waals surface area contributed by atoms with E-state index in [0.29, 0.717) is 24.2 Å². The highest BCUT2D eigenvalue weighted by Crippen LogP contribution is 2.29. The smallest absolute Gasteiger partial charge is 0.228 e. The molecule has 2 heterocycles. The van der Waals surface area contributed by atoms with E-state index in [0.717, 1.165) is 16.6 Å². The van der Waals surface area contributed by atoms with E-state index in [1.165, 1.54) is 19.3 Å². The summed E-state index contributed by atoms with van der Waals surface area (Å²) in [4.78, 5) is 6.60. The molecule has 2 N–H and O–H groups in total. The fourth-order valence-corrected chi connectivity index (χ4v) is 2.65. The molecular weight excluding hydrogens is 294 g/mol. The number of aromatic nitrogens is 1. The number of piperidine rings is 1. The molecule has 1 aliphatic heterocycles. The molecule has 0 saturated carbocycles. The highest BCUT2D eigenvalue weighted by Gasteiger charge is 2.20. The van der Waals surface area contributed by atoms with Gasteiger partial charge in [0, 0.05) is 6.04 Å². The normalized spacial score (nSPS) is 20.9. The van der Waals surface area contributed by atoms with Crippen LogP contribution in [-0.2, 0) is 0 Å². The molecule has 0 radical (unpaired) electrons. The molecule has 1 aromatic rings.